The number of aliphatic imine (C=N–C) groups is 2. The van der Waals surface area contributed by atoms with Gasteiger partial charge in [-0.1, -0.05) is 12.1 Å². The average Bonchev–Trinajstić information content (AvgIpc) is 3.50. The van der Waals surface area contributed by atoms with Gasteiger partial charge in [0.15, 0.2) is 9.84 Å². The Kier molecular flexibility index (Phi) is 8.36. The highest BCUT2D eigenvalue weighted by Gasteiger charge is 2.54. The van der Waals surface area contributed by atoms with Gasteiger partial charge in [0.2, 0.25) is 5.91 Å². The largest absolute Gasteiger partial charge is 0.416 e. The lowest BCUT2D eigenvalue weighted by Gasteiger charge is -2.23. The Bertz CT molecular complexity index is 1390. The van der Waals surface area contributed by atoms with E-state index in [9.17, 15) is 30.8 Å². The molecule has 2 fully saturated rings. The normalized spacial score (nSPS) is 23.9. The molecule has 1 N–H and O–H groups in total. The Balaban J connectivity index is 1.51. The van der Waals surface area contributed by atoms with Crippen molar-refractivity contribution >= 4 is 28.2 Å². The van der Waals surface area contributed by atoms with Crippen LogP contribution in [0.1, 0.15) is 17.5 Å². The number of hydrogen-bond acceptors (Lipinski definition) is 6. The van der Waals surface area contributed by atoms with Gasteiger partial charge in [-0.05, 0) is 67.1 Å². The van der Waals surface area contributed by atoms with Crippen molar-refractivity contribution in [2.75, 3.05) is 26.8 Å². The number of ether oxygens (including phenoxy) is 1. The number of hydrogen-bond donors (Lipinski definition) is 1. The molecule has 4 atom stereocenters. The Morgan fingerprint density at radius 3 is 2.38 bits per heavy atom. The van der Waals surface area contributed by atoms with Crippen LogP contribution in [0.2, 0.25) is 0 Å². The standard InChI is InChI=1S/C27H27F4N3O4S/c1-32-20(12-24(33-2)16-3-5-18(6-4-16)27(29,30)31)13-34-26(35)22-11-17-14-38-15-23(17)25(22)39(36,37)21-9-7-19(28)8-10-21/h3-10,12,17,22-23,25H,1,11,13-15H2,2H3,(H,34,35)/b20-12-,33-24+/t17-,22-,23+,25?/m1/s1. The van der Waals surface area contributed by atoms with Gasteiger partial charge in [-0.3, -0.25) is 14.8 Å². The minimum Gasteiger partial charge on any atom is -0.381 e. The minimum absolute atomic E-state index is 0.0621. The molecule has 2 aromatic carbocycles. The van der Waals surface area contributed by atoms with Crippen LogP contribution in [0.3, 0.4) is 0 Å². The van der Waals surface area contributed by atoms with Crippen molar-refractivity contribution < 1.29 is 35.5 Å². The fraction of sp³-hybridized carbons (Fsp3) is 0.370. The summed E-state index contributed by atoms with van der Waals surface area (Å²) in [5, 5.41) is 1.69. The highest BCUT2D eigenvalue weighted by atomic mass is 32.2. The van der Waals surface area contributed by atoms with E-state index in [2.05, 4.69) is 22.0 Å². The van der Waals surface area contributed by atoms with E-state index in [1.54, 1.807) is 0 Å². The van der Waals surface area contributed by atoms with E-state index in [1.807, 2.05) is 0 Å². The lowest BCUT2D eigenvalue weighted by atomic mass is 10.0. The van der Waals surface area contributed by atoms with E-state index in [0.717, 1.165) is 24.3 Å². The molecule has 0 radical (unpaired) electrons. The first kappa shape index (κ1) is 28.6. The maximum atomic E-state index is 13.5. The summed E-state index contributed by atoms with van der Waals surface area (Å²) in [6.45, 7) is 3.96. The quantitative estimate of drug-likeness (QED) is 0.296. The van der Waals surface area contributed by atoms with Gasteiger partial charge >= 0.3 is 6.18 Å². The number of rotatable bonds is 8. The molecule has 39 heavy (non-hydrogen) atoms. The van der Waals surface area contributed by atoms with Gasteiger partial charge in [0.05, 0.1) is 46.2 Å². The second kappa shape index (κ2) is 11.4. The zero-order valence-corrected chi connectivity index (χ0v) is 21.8. The van der Waals surface area contributed by atoms with E-state index in [4.69, 9.17) is 4.74 Å². The number of fused-ring (bicyclic) bond motifs is 1. The predicted molar refractivity (Wildman–Crippen MR) is 138 cm³/mol. The first-order valence-electron chi connectivity index (χ1n) is 12.1. The number of amides is 1. The van der Waals surface area contributed by atoms with Crippen LogP contribution in [0, 0.1) is 23.6 Å². The minimum atomic E-state index is -4.47. The zero-order chi connectivity index (χ0) is 28.4. The molecule has 1 saturated heterocycles. The lowest BCUT2D eigenvalue weighted by Crippen LogP contribution is -2.42. The molecule has 0 spiro atoms. The molecule has 208 valence electrons. The molecule has 1 heterocycles. The number of nitrogens with one attached hydrogen (secondary N) is 1. The van der Waals surface area contributed by atoms with Crippen LogP contribution in [0.25, 0.3) is 0 Å². The number of carbonyl (C=O) groups is 1. The van der Waals surface area contributed by atoms with Crippen molar-refractivity contribution in [2.24, 2.45) is 27.7 Å². The molecule has 12 heteroatoms. The van der Waals surface area contributed by atoms with Crippen molar-refractivity contribution in [2.45, 2.75) is 22.7 Å². The van der Waals surface area contributed by atoms with E-state index < -0.39 is 44.5 Å². The first-order chi connectivity index (χ1) is 18.5. The highest BCUT2D eigenvalue weighted by molar-refractivity contribution is 7.92. The molecule has 1 saturated carbocycles. The van der Waals surface area contributed by atoms with Crippen molar-refractivity contribution in [1.29, 1.82) is 0 Å². The number of sulfone groups is 1. The molecular weight excluding hydrogens is 538 g/mol. The number of halogens is 4. The van der Waals surface area contributed by atoms with E-state index in [0.29, 0.717) is 24.3 Å². The molecule has 4 rings (SSSR count). The smallest absolute Gasteiger partial charge is 0.381 e. The average molecular weight is 566 g/mol. The summed E-state index contributed by atoms with van der Waals surface area (Å²) in [4.78, 5) is 21.2. The molecule has 7 nitrogen and oxygen atoms in total. The summed E-state index contributed by atoms with van der Waals surface area (Å²) < 4.78 is 84.7. The molecule has 1 aliphatic heterocycles. The third kappa shape index (κ3) is 6.11. The summed E-state index contributed by atoms with van der Waals surface area (Å²) in [5.74, 6) is -2.40. The molecule has 1 unspecified atom stereocenters. The summed E-state index contributed by atoms with van der Waals surface area (Å²) in [6, 6.07) is 8.97. The van der Waals surface area contributed by atoms with E-state index >= 15 is 0 Å². The Morgan fingerprint density at radius 1 is 1.13 bits per heavy atom. The van der Waals surface area contributed by atoms with E-state index in [-0.39, 0.29) is 35.6 Å². The van der Waals surface area contributed by atoms with Crippen LogP contribution in [0.4, 0.5) is 17.6 Å². The van der Waals surface area contributed by atoms with Crippen molar-refractivity contribution in [3.63, 3.8) is 0 Å². The van der Waals surface area contributed by atoms with Crippen molar-refractivity contribution in [3.05, 3.63) is 77.2 Å². The fourth-order valence-electron chi connectivity index (χ4n) is 5.19. The summed E-state index contributed by atoms with van der Waals surface area (Å²) in [5.41, 5.74) is 0.219. The van der Waals surface area contributed by atoms with Gasteiger partial charge in [0.25, 0.3) is 0 Å². The third-order valence-corrected chi connectivity index (χ3v) is 9.48. The fourth-order valence-corrected chi connectivity index (χ4v) is 7.45. The van der Waals surface area contributed by atoms with Gasteiger partial charge in [-0.2, -0.15) is 13.2 Å². The van der Waals surface area contributed by atoms with Crippen LogP contribution < -0.4 is 5.32 Å². The zero-order valence-electron chi connectivity index (χ0n) is 21.0. The number of carbonyl (C=O) groups excluding carboxylic acids is 1. The molecule has 2 aliphatic rings. The van der Waals surface area contributed by atoms with Gasteiger partial charge in [0.1, 0.15) is 5.82 Å². The van der Waals surface area contributed by atoms with Gasteiger partial charge in [0, 0.05) is 19.6 Å². The maximum Gasteiger partial charge on any atom is 0.416 e. The molecule has 1 aliphatic carbocycles. The van der Waals surface area contributed by atoms with E-state index in [1.165, 1.54) is 37.4 Å². The van der Waals surface area contributed by atoms with Crippen LogP contribution in [0.15, 0.2) is 75.2 Å². The molecule has 1 amide bonds. The van der Waals surface area contributed by atoms with Crippen LogP contribution in [-0.4, -0.2) is 58.8 Å². The number of allylic oxidation sites excluding steroid dienone is 1. The second-order valence-electron chi connectivity index (χ2n) is 9.46. The highest BCUT2D eigenvalue weighted by Crippen LogP contribution is 2.46. The monoisotopic (exact) mass is 565 g/mol. The predicted octanol–water partition coefficient (Wildman–Crippen LogP) is 4.09. The Morgan fingerprint density at radius 2 is 1.79 bits per heavy atom. The summed E-state index contributed by atoms with van der Waals surface area (Å²) in [6.07, 6.45) is -2.67. The number of nitrogens with zero attached hydrogens (tertiary/aromatic N) is 2. The first-order valence-corrected chi connectivity index (χ1v) is 13.7. The second-order valence-corrected chi connectivity index (χ2v) is 11.6. The van der Waals surface area contributed by atoms with Crippen molar-refractivity contribution in [3.8, 4) is 0 Å². The molecule has 2 aromatic rings. The topological polar surface area (TPSA) is 97.2 Å². The lowest BCUT2D eigenvalue weighted by molar-refractivity contribution is -0.137. The van der Waals surface area contributed by atoms with Crippen LogP contribution in [-0.2, 0) is 25.5 Å². The SMILES string of the molecule is C=N/C(=C\C(=N/C)c1ccc(C(F)(F)F)cc1)CNC(=O)[C@@H]1C[C@@H]2COC[C@@H]2C1S(=O)(=O)c1ccc(F)cc1. The number of alkyl halides is 3. The molecule has 0 aromatic heterocycles. The molecular formula is C27H27F4N3O4S. The van der Waals surface area contributed by atoms with Crippen LogP contribution in [0.5, 0.6) is 0 Å². The Hall–Kier alpha value is -3.38. The Labute approximate surface area is 223 Å². The van der Waals surface area contributed by atoms with Crippen LogP contribution >= 0.6 is 0 Å². The van der Waals surface area contributed by atoms with Crippen molar-refractivity contribution in [1.82, 2.24) is 5.32 Å². The molecule has 0 bridgehead atoms. The maximum absolute atomic E-state index is 13.5. The summed E-state index contributed by atoms with van der Waals surface area (Å²) >= 11 is 0. The van der Waals surface area contributed by atoms with Gasteiger partial charge in [-0.25, -0.2) is 12.8 Å². The third-order valence-electron chi connectivity index (χ3n) is 7.16. The summed E-state index contributed by atoms with van der Waals surface area (Å²) in [7, 11) is -2.51. The number of benzene rings is 2. The van der Waals surface area contributed by atoms with Gasteiger partial charge < -0.3 is 10.1 Å². The van der Waals surface area contributed by atoms with Gasteiger partial charge in [-0.15, -0.1) is 0 Å².